The van der Waals surface area contributed by atoms with Crippen LogP contribution < -0.4 is 26.7 Å². The number of methoxy groups -OCH3 is 1. The van der Waals surface area contributed by atoms with Crippen LogP contribution in [0.2, 0.25) is 0 Å². The lowest BCUT2D eigenvalue weighted by Crippen LogP contribution is -2.57. The minimum absolute atomic E-state index is 0.0441. The number of alkyl carbamates (subject to hydrolysis) is 1. The van der Waals surface area contributed by atoms with Gasteiger partial charge < -0.3 is 25.4 Å². The fraction of sp³-hybridized carbons (Fsp3) is 0.333. The second-order valence-electron chi connectivity index (χ2n) is 14.8. The fourth-order valence-electron chi connectivity index (χ4n) is 5.94. The van der Waals surface area contributed by atoms with E-state index in [9.17, 15) is 28.8 Å². The molecule has 4 aromatic carbocycles. The molecule has 0 radical (unpaired) electrons. The maximum Gasteiger partial charge on any atom is 0.408 e. The Kier molecular flexibility index (Phi) is 17.8. The molecule has 0 saturated heterocycles. The summed E-state index contributed by atoms with van der Waals surface area (Å²) in [5.74, 6) is -3.43. The van der Waals surface area contributed by atoms with Gasteiger partial charge in [0.25, 0.3) is 0 Å². The third-order valence-electron chi connectivity index (χ3n) is 8.86. The minimum atomic E-state index is -1.50. The predicted molar refractivity (Wildman–Crippen MR) is 220 cm³/mol. The van der Waals surface area contributed by atoms with Gasteiger partial charge in [-0.1, -0.05) is 121 Å². The quantitative estimate of drug-likeness (QED) is 0.0610. The molecular formula is C45H53N5O9. The molecule has 0 aromatic heterocycles. The van der Waals surface area contributed by atoms with Crippen LogP contribution in [0.1, 0.15) is 49.4 Å². The second-order valence-corrected chi connectivity index (χ2v) is 14.8. The van der Waals surface area contributed by atoms with Crippen LogP contribution in [0.15, 0.2) is 121 Å². The number of amides is 4. The molecule has 14 nitrogen and oxygen atoms in total. The number of Topliss-reactive ketones (excluding diaryl/α,β-unsaturated/α-hetero) is 1. The van der Waals surface area contributed by atoms with Crippen molar-refractivity contribution in [3.8, 4) is 0 Å². The standard InChI is InChI=1S/C45H53N5O9/c1-45(2,3)59-44(56)49-35(25-31-17-9-5-10-18-31)39(51)29-46-36(26-32-19-11-6-12-20-32)41(53)47-37(28-40(52)50-58-30-34-23-15-8-16-24-34)42(54)48-38(43(55)57-4)27-33-21-13-7-14-22-33/h5-24,35-38,46H,25-30H2,1-4H3,(H,47,53)(H,48,54)(H,49,56)(H,50,52)/t35-,36-,37-,38-/m0/s1. The van der Waals surface area contributed by atoms with Crippen LogP contribution >= 0.6 is 0 Å². The van der Waals surface area contributed by atoms with E-state index in [0.717, 1.165) is 22.3 Å². The van der Waals surface area contributed by atoms with Gasteiger partial charge in [0, 0.05) is 6.42 Å². The van der Waals surface area contributed by atoms with Crippen molar-refractivity contribution in [2.75, 3.05) is 13.7 Å². The summed E-state index contributed by atoms with van der Waals surface area (Å²) in [6.45, 7) is 4.82. The second kappa shape index (κ2) is 23.1. The summed E-state index contributed by atoms with van der Waals surface area (Å²) < 4.78 is 10.4. The van der Waals surface area contributed by atoms with E-state index < -0.39 is 71.8 Å². The van der Waals surface area contributed by atoms with Crippen LogP contribution in [0.4, 0.5) is 4.79 Å². The van der Waals surface area contributed by atoms with E-state index in [-0.39, 0.29) is 32.4 Å². The molecule has 0 fully saturated rings. The molecule has 0 aliphatic carbocycles. The van der Waals surface area contributed by atoms with E-state index in [1.54, 1.807) is 69.3 Å². The topological polar surface area (TPSA) is 190 Å². The molecule has 4 atom stereocenters. The number of carbonyl (C=O) groups excluding carboxylic acids is 6. The Morgan fingerprint density at radius 3 is 1.49 bits per heavy atom. The lowest BCUT2D eigenvalue weighted by molar-refractivity contribution is -0.145. The number of benzene rings is 4. The third-order valence-corrected chi connectivity index (χ3v) is 8.86. The van der Waals surface area contributed by atoms with Gasteiger partial charge in [-0.3, -0.25) is 29.3 Å². The summed E-state index contributed by atoms with van der Waals surface area (Å²) in [6.07, 6.45) is -1.02. The van der Waals surface area contributed by atoms with E-state index in [4.69, 9.17) is 14.3 Å². The number of ether oxygens (including phenoxy) is 2. The highest BCUT2D eigenvalue weighted by molar-refractivity contribution is 5.95. The smallest absolute Gasteiger partial charge is 0.408 e. The number of ketones is 1. The van der Waals surface area contributed by atoms with Gasteiger partial charge in [-0.05, 0) is 55.9 Å². The van der Waals surface area contributed by atoms with Crippen molar-refractivity contribution in [2.45, 2.75) is 82.8 Å². The van der Waals surface area contributed by atoms with Gasteiger partial charge >= 0.3 is 12.1 Å². The van der Waals surface area contributed by atoms with Crippen LogP contribution in [0.25, 0.3) is 0 Å². The Bertz CT molecular complexity index is 1960. The molecule has 0 aliphatic heterocycles. The van der Waals surface area contributed by atoms with E-state index in [0.29, 0.717) is 0 Å². The highest BCUT2D eigenvalue weighted by Gasteiger charge is 2.32. The molecule has 0 aliphatic rings. The Labute approximate surface area is 344 Å². The highest BCUT2D eigenvalue weighted by Crippen LogP contribution is 2.11. The molecule has 4 rings (SSSR count). The predicted octanol–water partition coefficient (Wildman–Crippen LogP) is 3.92. The Hall–Kier alpha value is -6.38. The summed E-state index contributed by atoms with van der Waals surface area (Å²) in [5.41, 5.74) is 4.56. The first-order valence-electron chi connectivity index (χ1n) is 19.3. The monoisotopic (exact) mass is 807 g/mol. The number of rotatable bonds is 21. The zero-order chi connectivity index (χ0) is 42.6. The largest absolute Gasteiger partial charge is 0.467 e. The van der Waals surface area contributed by atoms with Crippen LogP contribution in [-0.4, -0.2) is 79.0 Å². The first kappa shape index (κ1) is 45.3. The molecule has 0 heterocycles. The molecule has 4 amide bonds. The van der Waals surface area contributed by atoms with Gasteiger partial charge in [-0.2, -0.15) is 0 Å². The van der Waals surface area contributed by atoms with Crippen LogP contribution in [0.3, 0.4) is 0 Å². The lowest BCUT2D eigenvalue weighted by atomic mass is 10.0. The van der Waals surface area contributed by atoms with E-state index in [1.807, 2.05) is 72.8 Å². The van der Waals surface area contributed by atoms with Crippen LogP contribution in [0.5, 0.6) is 0 Å². The van der Waals surface area contributed by atoms with Gasteiger partial charge in [0.2, 0.25) is 17.7 Å². The van der Waals surface area contributed by atoms with Gasteiger partial charge in [0.05, 0.1) is 38.8 Å². The number of nitrogens with one attached hydrogen (secondary N) is 5. The first-order chi connectivity index (χ1) is 28.3. The van der Waals surface area contributed by atoms with Gasteiger partial charge in [-0.25, -0.2) is 15.1 Å². The van der Waals surface area contributed by atoms with E-state index in [1.165, 1.54) is 7.11 Å². The van der Waals surface area contributed by atoms with Crippen molar-refractivity contribution >= 4 is 35.6 Å². The highest BCUT2D eigenvalue weighted by atomic mass is 16.6. The van der Waals surface area contributed by atoms with Gasteiger partial charge in [-0.15, -0.1) is 0 Å². The van der Waals surface area contributed by atoms with Crippen molar-refractivity contribution in [3.05, 3.63) is 144 Å². The molecule has 0 saturated carbocycles. The van der Waals surface area contributed by atoms with Crippen molar-refractivity contribution in [2.24, 2.45) is 0 Å². The average Bonchev–Trinajstić information content (AvgIpc) is 3.22. The van der Waals surface area contributed by atoms with Crippen molar-refractivity contribution in [1.82, 2.24) is 26.7 Å². The number of carbonyl (C=O) groups is 6. The maximum absolute atomic E-state index is 14.2. The normalized spacial score (nSPS) is 13.1. The molecule has 0 bridgehead atoms. The number of hydrogen-bond donors (Lipinski definition) is 5. The van der Waals surface area contributed by atoms with Crippen molar-refractivity contribution in [1.29, 1.82) is 0 Å². The summed E-state index contributed by atoms with van der Waals surface area (Å²) in [7, 11) is 1.19. The molecule has 59 heavy (non-hydrogen) atoms. The summed E-state index contributed by atoms with van der Waals surface area (Å²) in [5, 5.41) is 11.0. The lowest BCUT2D eigenvalue weighted by Gasteiger charge is -2.26. The zero-order valence-corrected chi connectivity index (χ0v) is 33.8. The Balaban J connectivity index is 1.55. The van der Waals surface area contributed by atoms with E-state index in [2.05, 4.69) is 26.7 Å². The van der Waals surface area contributed by atoms with E-state index >= 15 is 0 Å². The molecule has 312 valence electrons. The summed E-state index contributed by atoms with van der Waals surface area (Å²) in [6, 6.07) is 31.4. The van der Waals surface area contributed by atoms with Gasteiger partial charge in [0.1, 0.15) is 17.7 Å². The SMILES string of the molecule is COC(=O)[C@H](Cc1ccccc1)NC(=O)[C@H](CC(=O)NOCc1ccccc1)NC(=O)[C@H](Cc1ccccc1)NCC(=O)[C@H](Cc1ccccc1)NC(=O)OC(C)(C)C. The molecule has 4 aromatic rings. The molecule has 0 unspecified atom stereocenters. The minimum Gasteiger partial charge on any atom is -0.467 e. The Morgan fingerprint density at radius 1 is 0.559 bits per heavy atom. The maximum atomic E-state index is 14.2. The van der Waals surface area contributed by atoms with Crippen LogP contribution in [-0.2, 0) is 64.2 Å². The fourth-order valence-corrected chi connectivity index (χ4v) is 5.94. The van der Waals surface area contributed by atoms with Crippen molar-refractivity contribution in [3.63, 3.8) is 0 Å². The zero-order valence-electron chi connectivity index (χ0n) is 33.8. The molecular weight excluding hydrogens is 755 g/mol. The third kappa shape index (κ3) is 16.6. The Morgan fingerprint density at radius 2 is 1.00 bits per heavy atom. The summed E-state index contributed by atoms with van der Waals surface area (Å²) >= 11 is 0. The van der Waals surface area contributed by atoms with Crippen LogP contribution in [0, 0.1) is 0 Å². The summed E-state index contributed by atoms with van der Waals surface area (Å²) in [4.78, 5) is 86.3. The first-order valence-corrected chi connectivity index (χ1v) is 19.3. The molecule has 14 heteroatoms. The van der Waals surface area contributed by atoms with Crippen molar-refractivity contribution < 1.29 is 43.1 Å². The molecule has 0 spiro atoms. The molecule has 5 N–H and O–H groups in total. The number of esters is 1. The average molecular weight is 808 g/mol. The number of hydroxylamine groups is 1. The number of hydrogen-bond acceptors (Lipinski definition) is 10. The van der Waals surface area contributed by atoms with Gasteiger partial charge in [0.15, 0.2) is 5.78 Å².